The molecule has 1 atom stereocenters. The Morgan fingerprint density at radius 3 is 2.56 bits per heavy atom. The van der Waals surface area contributed by atoms with Gasteiger partial charge in [0.15, 0.2) is 0 Å². The van der Waals surface area contributed by atoms with Crippen LogP contribution >= 0.6 is 0 Å². The van der Waals surface area contributed by atoms with Crippen LogP contribution in [0.15, 0.2) is 42.7 Å². The van der Waals surface area contributed by atoms with Gasteiger partial charge in [0, 0.05) is 12.4 Å². The van der Waals surface area contributed by atoms with E-state index in [1.165, 1.54) is 0 Å². The van der Waals surface area contributed by atoms with Crippen molar-refractivity contribution in [3.05, 3.63) is 59.4 Å². The maximum atomic E-state index is 6.26. The smallest absolute Gasteiger partial charge is 0.119 e. The molecule has 0 aliphatic rings. The summed E-state index contributed by atoms with van der Waals surface area (Å²) in [4.78, 5) is 4.13. The first-order valence-corrected chi connectivity index (χ1v) is 6.11. The van der Waals surface area contributed by atoms with Crippen LogP contribution < -0.4 is 10.5 Å². The molecule has 3 heteroatoms. The third-order valence-electron chi connectivity index (χ3n) is 2.96. The van der Waals surface area contributed by atoms with Gasteiger partial charge in [0.2, 0.25) is 0 Å². The van der Waals surface area contributed by atoms with Crippen LogP contribution in [0.25, 0.3) is 0 Å². The van der Waals surface area contributed by atoms with Crippen molar-refractivity contribution < 1.29 is 4.74 Å². The minimum absolute atomic E-state index is 0.144. The van der Waals surface area contributed by atoms with Crippen LogP contribution in [-0.4, -0.2) is 11.6 Å². The van der Waals surface area contributed by atoms with Crippen LogP contribution in [0.1, 0.15) is 29.7 Å². The van der Waals surface area contributed by atoms with Crippen LogP contribution in [0.2, 0.25) is 0 Å². The molecule has 1 aromatic carbocycles. The van der Waals surface area contributed by atoms with Crippen molar-refractivity contribution in [1.29, 1.82) is 0 Å². The quantitative estimate of drug-likeness (QED) is 0.896. The Morgan fingerprint density at radius 1 is 1.22 bits per heavy atom. The topological polar surface area (TPSA) is 48.1 Å². The van der Waals surface area contributed by atoms with Crippen molar-refractivity contribution in [2.45, 2.75) is 19.9 Å². The number of hydrogen-bond donors (Lipinski definition) is 1. The van der Waals surface area contributed by atoms with Crippen LogP contribution in [0.4, 0.5) is 0 Å². The van der Waals surface area contributed by atoms with E-state index in [0.717, 1.165) is 22.4 Å². The predicted octanol–water partition coefficient (Wildman–Crippen LogP) is 2.84. The molecule has 1 unspecified atom stereocenters. The lowest BCUT2D eigenvalue weighted by molar-refractivity contribution is 0.340. The van der Waals surface area contributed by atoms with Gasteiger partial charge < -0.3 is 10.5 Å². The van der Waals surface area contributed by atoms with E-state index in [-0.39, 0.29) is 6.04 Å². The normalized spacial score (nSPS) is 12.2. The van der Waals surface area contributed by atoms with Gasteiger partial charge in [-0.25, -0.2) is 0 Å². The highest BCUT2D eigenvalue weighted by Crippen LogP contribution is 2.23. The van der Waals surface area contributed by atoms with Crippen molar-refractivity contribution in [3.8, 4) is 5.75 Å². The summed E-state index contributed by atoms with van der Waals surface area (Å²) < 4.78 is 5.42. The van der Waals surface area contributed by atoms with Gasteiger partial charge in [0.25, 0.3) is 0 Å². The van der Waals surface area contributed by atoms with Crippen molar-refractivity contribution in [3.63, 3.8) is 0 Å². The maximum Gasteiger partial charge on any atom is 0.119 e. The lowest BCUT2D eigenvalue weighted by Crippen LogP contribution is -2.13. The molecule has 0 bridgehead atoms. The number of nitrogens with zero attached hydrogens (tertiary/aromatic N) is 1. The second kappa shape index (κ2) is 5.65. The van der Waals surface area contributed by atoms with E-state index in [9.17, 15) is 0 Å². The summed E-state index contributed by atoms with van der Waals surface area (Å²) in [5.74, 6) is 0.872. The first-order valence-electron chi connectivity index (χ1n) is 6.11. The van der Waals surface area contributed by atoms with Gasteiger partial charge >= 0.3 is 0 Å². The molecule has 94 valence electrons. The standard InChI is InChI=1S/C15H18N2O/c1-3-18-13-6-4-12(5-7-13)15(16)14-10-17-9-8-11(14)2/h4-10,15H,3,16H2,1-2H3. The summed E-state index contributed by atoms with van der Waals surface area (Å²) in [6, 6.07) is 9.73. The Labute approximate surface area is 108 Å². The number of ether oxygens (including phenoxy) is 1. The number of benzene rings is 1. The zero-order valence-electron chi connectivity index (χ0n) is 10.8. The van der Waals surface area contributed by atoms with E-state index < -0.39 is 0 Å². The summed E-state index contributed by atoms with van der Waals surface area (Å²) in [7, 11) is 0. The van der Waals surface area contributed by atoms with Crippen LogP contribution in [0, 0.1) is 6.92 Å². The van der Waals surface area contributed by atoms with E-state index in [2.05, 4.69) is 4.98 Å². The summed E-state index contributed by atoms with van der Waals surface area (Å²) in [6.45, 7) is 4.69. The lowest BCUT2D eigenvalue weighted by Gasteiger charge is -2.15. The van der Waals surface area contributed by atoms with Gasteiger partial charge in [0.05, 0.1) is 12.6 Å². The molecule has 0 saturated heterocycles. The van der Waals surface area contributed by atoms with E-state index in [0.29, 0.717) is 6.61 Å². The molecule has 1 aromatic heterocycles. The molecule has 2 aromatic rings. The SMILES string of the molecule is CCOc1ccc(C(N)c2cnccc2C)cc1. The highest BCUT2D eigenvalue weighted by atomic mass is 16.5. The largest absolute Gasteiger partial charge is 0.494 e. The Hall–Kier alpha value is -1.87. The number of aryl methyl sites for hydroxylation is 1. The third kappa shape index (κ3) is 2.68. The molecule has 0 amide bonds. The lowest BCUT2D eigenvalue weighted by atomic mass is 9.98. The number of aromatic nitrogens is 1. The maximum absolute atomic E-state index is 6.26. The zero-order valence-corrected chi connectivity index (χ0v) is 10.8. The fourth-order valence-electron chi connectivity index (χ4n) is 1.92. The molecule has 0 fully saturated rings. The van der Waals surface area contributed by atoms with Gasteiger partial charge in [0.1, 0.15) is 5.75 Å². The summed E-state index contributed by atoms with van der Waals surface area (Å²) in [6.07, 6.45) is 3.61. The number of nitrogens with two attached hydrogens (primary N) is 1. The van der Waals surface area contributed by atoms with Gasteiger partial charge in [-0.3, -0.25) is 4.98 Å². The fraction of sp³-hybridized carbons (Fsp3) is 0.267. The monoisotopic (exact) mass is 242 g/mol. The average molecular weight is 242 g/mol. The molecule has 0 spiro atoms. The van der Waals surface area contributed by atoms with Gasteiger partial charge in [-0.2, -0.15) is 0 Å². The van der Waals surface area contributed by atoms with Crippen LogP contribution in [-0.2, 0) is 0 Å². The first-order chi connectivity index (χ1) is 8.72. The number of hydrogen-bond acceptors (Lipinski definition) is 3. The average Bonchev–Trinajstić information content (AvgIpc) is 2.40. The predicted molar refractivity (Wildman–Crippen MR) is 72.6 cm³/mol. The minimum atomic E-state index is -0.144. The summed E-state index contributed by atoms with van der Waals surface area (Å²) in [5, 5.41) is 0. The van der Waals surface area contributed by atoms with Gasteiger partial charge in [-0.15, -0.1) is 0 Å². The molecule has 18 heavy (non-hydrogen) atoms. The molecular formula is C15H18N2O. The number of pyridine rings is 1. The second-order valence-corrected chi connectivity index (χ2v) is 4.21. The summed E-state index contributed by atoms with van der Waals surface area (Å²) >= 11 is 0. The van der Waals surface area contributed by atoms with Gasteiger partial charge in [-0.1, -0.05) is 12.1 Å². The second-order valence-electron chi connectivity index (χ2n) is 4.21. The minimum Gasteiger partial charge on any atom is -0.494 e. The highest BCUT2D eigenvalue weighted by Gasteiger charge is 2.11. The Bertz CT molecular complexity index is 508. The van der Waals surface area contributed by atoms with Crippen molar-refractivity contribution in [2.24, 2.45) is 5.73 Å². The first kappa shape index (κ1) is 12.6. The molecular weight excluding hydrogens is 224 g/mol. The molecule has 0 saturated carbocycles. The molecule has 0 aliphatic heterocycles. The van der Waals surface area contributed by atoms with Crippen LogP contribution in [0.3, 0.4) is 0 Å². The fourth-order valence-corrected chi connectivity index (χ4v) is 1.92. The van der Waals surface area contributed by atoms with Gasteiger partial charge in [-0.05, 0) is 48.7 Å². The van der Waals surface area contributed by atoms with E-state index in [1.54, 1.807) is 6.20 Å². The van der Waals surface area contributed by atoms with E-state index >= 15 is 0 Å². The molecule has 2 rings (SSSR count). The van der Waals surface area contributed by atoms with Crippen molar-refractivity contribution in [2.75, 3.05) is 6.61 Å². The van der Waals surface area contributed by atoms with E-state index in [1.807, 2.05) is 50.4 Å². The Kier molecular flexibility index (Phi) is 3.95. The Balaban J connectivity index is 2.23. The molecule has 0 radical (unpaired) electrons. The number of rotatable bonds is 4. The van der Waals surface area contributed by atoms with Crippen molar-refractivity contribution in [1.82, 2.24) is 4.98 Å². The van der Waals surface area contributed by atoms with E-state index in [4.69, 9.17) is 10.5 Å². The molecule has 2 N–H and O–H groups in total. The highest BCUT2D eigenvalue weighted by molar-refractivity contribution is 5.37. The molecule has 0 aliphatic carbocycles. The zero-order chi connectivity index (χ0) is 13.0. The molecule has 1 heterocycles. The Morgan fingerprint density at radius 2 is 1.94 bits per heavy atom. The van der Waals surface area contributed by atoms with Crippen LogP contribution in [0.5, 0.6) is 5.75 Å². The molecule has 3 nitrogen and oxygen atoms in total. The summed E-state index contributed by atoms with van der Waals surface area (Å²) in [5.41, 5.74) is 9.54. The third-order valence-corrected chi connectivity index (χ3v) is 2.96. The van der Waals surface area contributed by atoms with Crippen molar-refractivity contribution >= 4 is 0 Å².